The lowest BCUT2D eigenvalue weighted by molar-refractivity contribution is 0.0950. The molecular weight excluding hydrogens is 366 g/mol. The van der Waals surface area contributed by atoms with E-state index in [4.69, 9.17) is 4.42 Å². The number of furan rings is 1. The number of aromatic hydroxyl groups is 1. The molecule has 4 rings (SSSR count). The smallest absolute Gasteiger partial charge is 0.255 e. The van der Waals surface area contributed by atoms with Crippen molar-refractivity contribution in [2.24, 2.45) is 0 Å². The van der Waals surface area contributed by atoms with Crippen LogP contribution in [-0.4, -0.2) is 54.0 Å². The molecule has 0 spiro atoms. The van der Waals surface area contributed by atoms with E-state index in [2.05, 4.69) is 22.2 Å². The highest BCUT2D eigenvalue weighted by Gasteiger charge is 2.24. The van der Waals surface area contributed by atoms with Crippen LogP contribution in [-0.2, 0) is 13.1 Å². The lowest BCUT2D eigenvalue weighted by atomic mass is 10.0. The maximum Gasteiger partial charge on any atom is 0.255 e. The Labute approximate surface area is 170 Å². The van der Waals surface area contributed by atoms with Crippen molar-refractivity contribution < 1.29 is 14.3 Å². The fraction of sp³-hybridized carbons (Fsp3) is 0.348. The summed E-state index contributed by atoms with van der Waals surface area (Å²) < 4.78 is 5.88. The molecule has 1 aliphatic heterocycles. The van der Waals surface area contributed by atoms with Gasteiger partial charge in [0.05, 0.1) is 5.56 Å². The van der Waals surface area contributed by atoms with Crippen LogP contribution in [0.4, 0.5) is 0 Å². The van der Waals surface area contributed by atoms with Gasteiger partial charge in [0.1, 0.15) is 17.1 Å². The van der Waals surface area contributed by atoms with Gasteiger partial charge in [0, 0.05) is 50.2 Å². The first-order chi connectivity index (χ1) is 14.0. The van der Waals surface area contributed by atoms with Crippen LogP contribution in [0.5, 0.6) is 5.75 Å². The van der Waals surface area contributed by atoms with Crippen LogP contribution in [0.15, 0.2) is 46.9 Å². The molecule has 1 amide bonds. The number of likely N-dealkylation sites (N-methyl/N-ethyl adjacent to an activating group) is 1. The SMILES string of the molecule is Cc1oc2ccc(O)c(CN3CCN(C)CC3)c2c1C(=O)NCc1ccccc1. The Morgan fingerprint density at radius 3 is 2.55 bits per heavy atom. The van der Waals surface area contributed by atoms with Gasteiger partial charge in [0.2, 0.25) is 0 Å². The fourth-order valence-electron chi connectivity index (χ4n) is 3.90. The summed E-state index contributed by atoms with van der Waals surface area (Å²) >= 11 is 0. The molecule has 0 radical (unpaired) electrons. The zero-order valence-corrected chi connectivity index (χ0v) is 16.9. The number of carbonyl (C=O) groups is 1. The molecule has 0 saturated carbocycles. The number of hydrogen-bond donors (Lipinski definition) is 2. The quantitative estimate of drug-likeness (QED) is 0.697. The maximum atomic E-state index is 13.0. The molecule has 152 valence electrons. The van der Waals surface area contributed by atoms with Gasteiger partial charge in [-0.2, -0.15) is 0 Å². The number of rotatable bonds is 5. The summed E-state index contributed by atoms with van der Waals surface area (Å²) in [5, 5.41) is 14.3. The molecule has 3 aromatic rings. The van der Waals surface area contributed by atoms with Crippen molar-refractivity contribution in [2.45, 2.75) is 20.0 Å². The number of fused-ring (bicyclic) bond motifs is 1. The first-order valence-electron chi connectivity index (χ1n) is 10.00. The molecule has 29 heavy (non-hydrogen) atoms. The minimum absolute atomic E-state index is 0.185. The Bertz CT molecular complexity index is 1010. The minimum atomic E-state index is -0.185. The summed E-state index contributed by atoms with van der Waals surface area (Å²) in [5.41, 5.74) is 2.94. The predicted molar refractivity (Wildman–Crippen MR) is 113 cm³/mol. The third-order valence-electron chi connectivity index (χ3n) is 5.62. The molecule has 6 heteroatoms. The molecular formula is C23H27N3O3. The van der Waals surface area contributed by atoms with Crippen LogP contribution in [0.2, 0.25) is 0 Å². The van der Waals surface area contributed by atoms with E-state index >= 15 is 0 Å². The predicted octanol–water partition coefficient (Wildman–Crippen LogP) is 3.12. The molecule has 1 aromatic heterocycles. The van der Waals surface area contributed by atoms with Crippen molar-refractivity contribution >= 4 is 16.9 Å². The Hall–Kier alpha value is -2.83. The average molecular weight is 393 g/mol. The zero-order chi connectivity index (χ0) is 20.4. The number of nitrogens with one attached hydrogen (secondary N) is 1. The van der Waals surface area contributed by atoms with E-state index in [-0.39, 0.29) is 11.7 Å². The summed E-state index contributed by atoms with van der Waals surface area (Å²) in [4.78, 5) is 17.6. The summed E-state index contributed by atoms with van der Waals surface area (Å²) in [5.74, 6) is 0.584. The summed E-state index contributed by atoms with van der Waals surface area (Å²) in [7, 11) is 2.12. The number of carbonyl (C=O) groups excluding carboxylic acids is 1. The van der Waals surface area contributed by atoms with Crippen LogP contribution in [0.25, 0.3) is 11.0 Å². The molecule has 1 aliphatic rings. The third-order valence-corrected chi connectivity index (χ3v) is 5.62. The van der Waals surface area contributed by atoms with Gasteiger partial charge in [-0.25, -0.2) is 0 Å². The number of aryl methyl sites for hydroxylation is 1. The summed E-state index contributed by atoms with van der Waals surface area (Å²) in [6.45, 7) is 6.68. The third kappa shape index (κ3) is 4.13. The van der Waals surface area contributed by atoms with E-state index in [1.165, 1.54) is 0 Å². The Kier molecular flexibility index (Phi) is 5.56. The number of nitrogens with zero attached hydrogens (tertiary/aromatic N) is 2. The Balaban J connectivity index is 1.64. The van der Waals surface area contributed by atoms with Crippen molar-refractivity contribution in [1.82, 2.24) is 15.1 Å². The summed E-state index contributed by atoms with van der Waals surface area (Å²) in [6.07, 6.45) is 0. The van der Waals surface area contributed by atoms with E-state index in [0.717, 1.165) is 37.3 Å². The molecule has 1 saturated heterocycles. The number of phenolic OH excluding ortho intramolecular Hbond substituents is 1. The van der Waals surface area contributed by atoms with Crippen molar-refractivity contribution in [2.75, 3.05) is 33.2 Å². The lowest BCUT2D eigenvalue weighted by Crippen LogP contribution is -2.43. The fourth-order valence-corrected chi connectivity index (χ4v) is 3.90. The molecule has 0 unspecified atom stereocenters. The largest absolute Gasteiger partial charge is 0.508 e. The van der Waals surface area contributed by atoms with E-state index in [0.29, 0.717) is 35.4 Å². The summed E-state index contributed by atoms with van der Waals surface area (Å²) in [6, 6.07) is 13.2. The van der Waals surface area contributed by atoms with Gasteiger partial charge in [0.25, 0.3) is 5.91 Å². The molecule has 2 N–H and O–H groups in total. The highest BCUT2D eigenvalue weighted by Crippen LogP contribution is 2.34. The van der Waals surface area contributed by atoms with Crippen molar-refractivity contribution in [3.05, 3.63) is 64.9 Å². The maximum absolute atomic E-state index is 13.0. The molecule has 0 aliphatic carbocycles. The molecule has 0 atom stereocenters. The van der Waals surface area contributed by atoms with Gasteiger partial charge < -0.3 is 19.7 Å². The number of piperazine rings is 1. The molecule has 2 heterocycles. The topological polar surface area (TPSA) is 69.0 Å². The number of phenols is 1. The van der Waals surface area contributed by atoms with E-state index in [1.807, 2.05) is 30.3 Å². The average Bonchev–Trinajstić information content (AvgIpc) is 3.07. The van der Waals surface area contributed by atoms with Gasteiger partial charge in [0.15, 0.2) is 0 Å². The highest BCUT2D eigenvalue weighted by atomic mass is 16.3. The van der Waals surface area contributed by atoms with Crippen LogP contribution >= 0.6 is 0 Å². The number of amides is 1. The second-order valence-corrected chi connectivity index (χ2v) is 7.72. The van der Waals surface area contributed by atoms with Crippen molar-refractivity contribution in [1.29, 1.82) is 0 Å². The second kappa shape index (κ2) is 8.27. The number of benzene rings is 2. The zero-order valence-electron chi connectivity index (χ0n) is 16.9. The Morgan fingerprint density at radius 2 is 1.83 bits per heavy atom. The Morgan fingerprint density at radius 1 is 1.10 bits per heavy atom. The standard InChI is InChI=1S/C23H27N3O3/c1-16-21(23(28)24-14-17-6-4-3-5-7-17)22-18(19(27)8-9-20(22)29-16)15-26-12-10-25(2)11-13-26/h3-9,27H,10-15H2,1-2H3,(H,24,28). The first kappa shape index (κ1) is 19.5. The molecule has 6 nitrogen and oxygen atoms in total. The lowest BCUT2D eigenvalue weighted by Gasteiger charge is -2.32. The minimum Gasteiger partial charge on any atom is -0.508 e. The van der Waals surface area contributed by atoms with Gasteiger partial charge in [-0.3, -0.25) is 9.69 Å². The highest BCUT2D eigenvalue weighted by molar-refractivity contribution is 6.08. The number of hydrogen-bond acceptors (Lipinski definition) is 5. The monoisotopic (exact) mass is 393 g/mol. The van der Waals surface area contributed by atoms with Crippen LogP contribution in [0, 0.1) is 6.92 Å². The van der Waals surface area contributed by atoms with Crippen molar-refractivity contribution in [3.63, 3.8) is 0 Å². The van der Waals surface area contributed by atoms with E-state index in [9.17, 15) is 9.90 Å². The first-order valence-corrected chi connectivity index (χ1v) is 10.00. The van der Waals surface area contributed by atoms with Gasteiger partial charge in [-0.1, -0.05) is 30.3 Å². The molecule has 0 bridgehead atoms. The van der Waals surface area contributed by atoms with Crippen LogP contribution < -0.4 is 5.32 Å². The van der Waals surface area contributed by atoms with E-state index in [1.54, 1.807) is 19.1 Å². The second-order valence-electron chi connectivity index (χ2n) is 7.72. The van der Waals surface area contributed by atoms with Crippen molar-refractivity contribution in [3.8, 4) is 5.75 Å². The van der Waals surface area contributed by atoms with Gasteiger partial charge in [-0.15, -0.1) is 0 Å². The van der Waals surface area contributed by atoms with Gasteiger partial charge >= 0.3 is 0 Å². The molecule has 1 fully saturated rings. The van der Waals surface area contributed by atoms with Gasteiger partial charge in [-0.05, 0) is 31.7 Å². The molecule has 2 aromatic carbocycles. The van der Waals surface area contributed by atoms with Crippen LogP contribution in [0.1, 0.15) is 27.2 Å². The normalized spacial score (nSPS) is 15.7. The van der Waals surface area contributed by atoms with E-state index < -0.39 is 0 Å². The van der Waals surface area contributed by atoms with Crippen LogP contribution in [0.3, 0.4) is 0 Å².